The SMILES string of the molecule is CC1CCCN(Cc2ccc(C(=O)Nc3ccccc3C(=O)NCc3ccco3)cc2)C1. The maximum absolute atomic E-state index is 12.8. The van der Waals surface area contributed by atoms with E-state index < -0.39 is 0 Å². The number of furan rings is 1. The molecule has 32 heavy (non-hydrogen) atoms. The maximum Gasteiger partial charge on any atom is 0.255 e. The van der Waals surface area contributed by atoms with Gasteiger partial charge in [0, 0.05) is 18.7 Å². The Morgan fingerprint density at radius 3 is 2.59 bits per heavy atom. The summed E-state index contributed by atoms with van der Waals surface area (Å²) in [6.07, 6.45) is 4.11. The fraction of sp³-hybridized carbons (Fsp3) is 0.308. The molecular formula is C26H29N3O3. The van der Waals surface area contributed by atoms with Gasteiger partial charge in [-0.3, -0.25) is 14.5 Å². The second kappa shape index (κ2) is 10.3. The van der Waals surface area contributed by atoms with Gasteiger partial charge in [0.1, 0.15) is 5.76 Å². The molecule has 2 N–H and O–H groups in total. The van der Waals surface area contributed by atoms with E-state index in [-0.39, 0.29) is 18.4 Å². The van der Waals surface area contributed by atoms with E-state index in [0.29, 0.717) is 22.6 Å². The van der Waals surface area contributed by atoms with Crippen LogP contribution in [0.1, 0.15) is 51.8 Å². The number of para-hydroxylation sites is 1. The third-order valence-corrected chi connectivity index (χ3v) is 5.79. The molecule has 6 heteroatoms. The Labute approximate surface area is 188 Å². The highest BCUT2D eigenvalue weighted by atomic mass is 16.3. The van der Waals surface area contributed by atoms with Crippen LogP contribution in [0.3, 0.4) is 0 Å². The highest BCUT2D eigenvalue weighted by molar-refractivity contribution is 6.09. The van der Waals surface area contributed by atoms with E-state index in [1.807, 2.05) is 24.3 Å². The van der Waals surface area contributed by atoms with Gasteiger partial charge in [-0.1, -0.05) is 31.2 Å². The van der Waals surface area contributed by atoms with E-state index in [2.05, 4.69) is 22.5 Å². The zero-order valence-corrected chi connectivity index (χ0v) is 18.3. The van der Waals surface area contributed by atoms with E-state index >= 15 is 0 Å². The van der Waals surface area contributed by atoms with Gasteiger partial charge in [-0.25, -0.2) is 0 Å². The average molecular weight is 432 g/mol. The summed E-state index contributed by atoms with van der Waals surface area (Å²) in [5.41, 5.74) is 2.64. The first-order chi connectivity index (χ1) is 15.6. The van der Waals surface area contributed by atoms with Gasteiger partial charge >= 0.3 is 0 Å². The molecule has 1 aliphatic rings. The topological polar surface area (TPSA) is 74.6 Å². The van der Waals surface area contributed by atoms with Crippen LogP contribution in [0.15, 0.2) is 71.3 Å². The second-order valence-electron chi connectivity index (χ2n) is 8.44. The number of hydrogen-bond acceptors (Lipinski definition) is 4. The largest absolute Gasteiger partial charge is 0.467 e. The van der Waals surface area contributed by atoms with Crippen molar-refractivity contribution in [1.82, 2.24) is 10.2 Å². The molecule has 0 radical (unpaired) electrons. The predicted molar refractivity (Wildman–Crippen MR) is 124 cm³/mol. The number of benzene rings is 2. The molecule has 1 aromatic heterocycles. The van der Waals surface area contributed by atoms with Crippen molar-refractivity contribution in [3.63, 3.8) is 0 Å². The lowest BCUT2D eigenvalue weighted by molar-refractivity contribution is 0.0949. The first-order valence-electron chi connectivity index (χ1n) is 11.1. The highest BCUT2D eigenvalue weighted by Crippen LogP contribution is 2.19. The van der Waals surface area contributed by atoms with Gasteiger partial charge in [0.2, 0.25) is 0 Å². The molecule has 2 amide bonds. The van der Waals surface area contributed by atoms with E-state index in [4.69, 9.17) is 4.42 Å². The van der Waals surface area contributed by atoms with Gasteiger partial charge in [-0.2, -0.15) is 0 Å². The lowest BCUT2D eigenvalue weighted by atomic mass is 9.99. The van der Waals surface area contributed by atoms with Crippen molar-refractivity contribution in [3.05, 3.63) is 89.4 Å². The van der Waals surface area contributed by atoms with Gasteiger partial charge in [0.05, 0.1) is 24.1 Å². The molecule has 0 bridgehead atoms. The molecule has 0 spiro atoms. The number of carbonyl (C=O) groups is 2. The number of likely N-dealkylation sites (tertiary alicyclic amines) is 1. The Kier molecular flexibility index (Phi) is 7.02. The van der Waals surface area contributed by atoms with Crippen LogP contribution in [-0.2, 0) is 13.1 Å². The monoisotopic (exact) mass is 431 g/mol. The average Bonchev–Trinajstić information content (AvgIpc) is 3.32. The Bertz CT molecular complexity index is 1040. The molecule has 0 saturated carbocycles. The minimum atomic E-state index is -0.275. The summed E-state index contributed by atoms with van der Waals surface area (Å²) >= 11 is 0. The smallest absolute Gasteiger partial charge is 0.255 e. The summed E-state index contributed by atoms with van der Waals surface area (Å²) in [4.78, 5) is 27.9. The van der Waals surface area contributed by atoms with Crippen LogP contribution in [0.4, 0.5) is 5.69 Å². The summed E-state index contributed by atoms with van der Waals surface area (Å²) < 4.78 is 5.25. The number of anilines is 1. The number of amides is 2. The first kappa shape index (κ1) is 21.8. The summed E-state index contributed by atoms with van der Waals surface area (Å²) in [6.45, 7) is 5.75. The fourth-order valence-corrected chi connectivity index (χ4v) is 4.11. The molecule has 1 atom stereocenters. The van der Waals surface area contributed by atoms with Crippen molar-refractivity contribution in [1.29, 1.82) is 0 Å². The molecule has 2 heterocycles. The number of carbonyl (C=O) groups excluding carboxylic acids is 2. The zero-order chi connectivity index (χ0) is 22.3. The molecule has 3 aromatic rings. The molecule has 1 unspecified atom stereocenters. The van der Waals surface area contributed by atoms with Crippen molar-refractivity contribution in [3.8, 4) is 0 Å². The van der Waals surface area contributed by atoms with Gasteiger partial charge < -0.3 is 15.1 Å². The van der Waals surface area contributed by atoms with Crippen molar-refractivity contribution in [2.75, 3.05) is 18.4 Å². The van der Waals surface area contributed by atoms with Crippen molar-refractivity contribution >= 4 is 17.5 Å². The summed E-state index contributed by atoms with van der Waals surface area (Å²) in [5.74, 6) is 0.891. The van der Waals surface area contributed by atoms with Crippen LogP contribution in [0.25, 0.3) is 0 Å². The summed E-state index contributed by atoms with van der Waals surface area (Å²) in [6, 6.07) is 18.3. The second-order valence-corrected chi connectivity index (χ2v) is 8.44. The Morgan fingerprint density at radius 1 is 1.03 bits per heavy atom. The van der Waals surface area contributed by atoms with E-state index in [1.54, 1.807) is 42.7 Å². The number of piperidine rings is 1. The molecule has 1 fully saturated rings. The van der Waals surface area contributed by atoms with Crippen LogP contribution >= 0.6 is 0 Å². The molecule has 1 saturated heterocycles. The van der Waals surface area contributed by atoms with Crippen LogP contribution < -0.4 is 10.6 Å². The van der Waals surface area contributed by atoms with Crippen LogP contribution in [0, 0.1) is 5.92 Å². The molecule has 166 valence electrons. The minimum absolute atomic E-state index is 0.241. The number of rotatable bonds is 7. The van der Waals surface area contributed by atoms with Crippen molar-refractivity contribution in [2.24, 2.45) is 5.92 Å². The predicted octanol–water partition coefficient (Wildman–Crippen LogP) is 4.69. The molecule has 2 aromatic carbocycles. The normalized spacial score (nSPS) is 16.5. The van der Waals surface area contributed by atoms with Crippen LogP contribution in [-0.4, -0.2) is 29.8 Å². The molecule has 0 aliphatic carbocycles. The third-order valence-electron chi connectivity index (χ3n) is 5.79. The molecular weight excluding hydrogens is 402 g/mol. The Hall–Kier alpha value is -3.38. The Morgan fingerprint density at radius 2 is 1.84 bits per heavy atom. The number of nitrogens with zero attached hydrogens (tertiary/aromatic N) is 1. The maximum atomic E-state index is 12.8. The van der Waals surface area contributed by atoms with E-state index in [0.717, 1.165) is 25.6 Å². The Balaban J connectivity index is 1.37. The van der Waals surface area contributed by atoms with Gasteiger partial charge in [-0.15, -0.1) is 0 Å². The minimum Gasteiger partial charge on any atom is -0.467 e. The first-order valence-corrected chi connectivity index (χ1v) is 11.1. The lowest BCUT2D eigenvalue weighted by Gasteiger charge is -2.30. The van der Waals surface area contributed by atoms with E-state index in [9.17, 15) is 9.59 Å². The summed E-state index contributed by atoms with van der Waals surface area (Å²) in [7, 11) is 0. The van der Waals surface area contributed by atoms with Crippen LogP contribution in [0.5, 0.6) is 0 Å². The lowest BCUT2D eigenvalue weighted by Crippen LogP contribution is -2.33. The van der Waals surface area contributed by atoms with Gasteiger partial charge in [0.15, 0.2) is 0 Å². The number of hydrogen-bond donors (Lipinski definition) is 2. The zero-order valence-electron chi connectivity index (χ0n) is 18.3. The fourth-order valence-electron chi connectivity index (χ4n) is 4.11. The molecule has 6 nitrogen and oxygen atoms in total. The van der Waals surface area contributed by atoms with Crippen molar-refractivity contribution in [2.45, 2.75) is 32.9 Å². The standard InChI is InChI=1S/C26H29N3O3/c1-19-6-4-14-29(17-19)18-20-10-12-21(13-11-20)25(30)28-24-9-3-2-8-23(24)26(31)27-16-22-7-5-15-32-22/h2-3,5,7-13,15,19H,4,6,14,16-18H2,1H3,(H,27,31)(H,28,30). The highest BCUT2D eigenvalue weighted by Gasteiger charge is 2.17. The quantitative estimate of drug-likeness (QED) is 0.569. The third kappa shape index (κ3) is 5.65. The van der Waals surface area contributed by atoms with E-state index in [1.165, 1.54) is 18.4 Å². The van der Waals surface area contributed by atoms with Crippen molar-refractivity contribution < 1.29 is 14.0 Å². The van der Waals surface area contributed by atoms with Gasteiger partial charge in [-0.05, 0) is 67.3 Å². The van der Waals surface area contributed by atoms with Crippen LogP contribution in [0.2, 0.25) is 0 Å². The molecule has 4 rings (SSSR count). The summed E-state index contributed by atoms with van der Waals surface area (Å²) in [5, 5.41) is 5.69. The molecule has 1 aliphatic heterocycles. The van der Waals surface area contributed by atoms with Gasteiger partial charge in [0.25, 0.3) is 11.8 Å². The number of nitrogens with one attached hydrogen (secondary N) is 2.